The fourth-order valence-electron chi connectivity index (χ4n) is 1.55. The van der Waals surface area contributed by atoms with Gasteiger partial charge in [-0.1, -0.05) is 12.1 Å². The third-order valence-corrected chi connectivity index (χ3v) is 3.25. The summed E-state index contributed by atoms with van der Waals surface area (Å²) in [6, 6.07) is 10.0. The van der Waals surface area contributed by atoms with Gasteiger partial charge >= 0.3 is 0 Å². The van der Waals surface area contributed by atoms with E-state index in [2.05, 4.69) is 23.3 Å². The monoisotopic (exact) mass is 243 g/mol. The van der Waals surface area contributed by atoms with Gasteiger partial charge in [0.15, 0.2) is 0 Å². The summed E-state index contributed by atoms with van der Waals surface area (Å²) in [4.78, 5) is 4.22. The summed E-state index contributed by atoms with van der Waals surface area (Å²) in [5, 5.41) is 14.2. The van der Waals surface area contributed by atoms with Crippen LogP contribution in [0.4, 0.5) is 0 Å². The van der Waals surface area contributed by atoms with Crippen LogP contribution in [-0.2, 0) is 6.54 Å². The van der Waals surface area contributed by atoms with Crippen molar-refractivity contribution < 1.29 is 0 Å². The third-order valence-electron chi connectivity index (χ3n) is 2.61. The van der Waals surface area contributed by atoms with Crippen molar-refractivity contribution in [3.8, 4) is 6.07 Å². The molecule has 0 radical (unpaired) electrons. The number of nitrogens with zero attached hydrogens (tertiary/aromatic N) is 2. The van der Waals surface area contributed by atoms with Crippen LogP contribution in [0.15, 0.2) is 35.2 Å². The van der Waals surface area contributed by atoms with Crippen molar-refractivity contribution in [2.24, 2.45) is 0 Å². The second-order valence-corrected chi connectivity index (χ2v) is 4.53. The summed E-state index contributed by atoms with van der Waals surface area (Å²) in [7, 11) is 0. The van der Waals surface area contributed by atoms with Gasteiger partial charge in [0.2, 0.25) is 0 Å². The molecule has 1 aromatic carbocycles. The number of benzene rings is 1. The largest absolute Gasteiger partial charge is 0.305 e. The molecule has 1 heterocycles. The van der Waals surface area contributed by atoms with Crippen LogP contribution in [0.2, 0.25) is 0 Å². The third kappa shape index (κ3) is 3.13. The van der Waals surface area contributed by atoms with Crippen LogP contribution >= 0.6 is 11.3 Å². The highest BCUT2D eigenvalue weighted by Crippen LogP contribution is 2.13. The first-order valence-corrected chi connectivity index (χ1v) is 6.34. The summed E-state index contributed by atoms with van der Waals surface area (Å²) >= 11 is 1.60. The van der Waals surface area contributed by atoms with Crippen molar-refractivity contribution in [1.29, 1.82) is 5.26 Å². The molecule has 3 nitrogen and oxygen atoms in total. The second-order valence-electron chi connectivity index (χ2n) is 3.82. The van der Waals surface area contributed by atoms with E-state index in [0.717, 1.165) is 12.2 Å². The molecule has 0 aliphatic carbocycles. The molecular formula is C13H13N3S. The lowest BCUT2D eigenvalue weighted by Gasteiger charge is -2.13. The molecular weight excluding hydrogens is 230 g/mol. The minimum Gasteiger partial charge on any atom is -0.305 e. The van der Waals surface area contributed by atoms with Gasteiger partial charge < -0.3 is 5.32 Å². The summed E-state index contributed by atoms with van der Waals surface area (Å²) in [5.74, 6) is 0. The number of nitrogens with one attached hydrogen (secondary N) is 1. The Kier molecular flexibility index (Phi) is 3.86. The zero-order valence-electron chi connectivity index (χ0n) is 9.55. The minimum absolute atomic E-state index is 0.254. The van der Waals surface area contributed by atoms with Crippen LogP contribution in [0, 0.1) is 11.3 Å². The Balaban J connectivity index is 1.95. The molecule has 0 saturated heterocycles. The molecule has 2 aromatic rings. The average Bonchev–Trinajstić information content (AvgIpc) is 2.89. The molecule has 0 aliphatic rings. The van der Waals surface area contributed by atoms with Crippen LogP contribution < -0.4 is 5.32 Å². The topological polar surface area (TPSA) is 48.7 Å². The Bertz CT molecular complexity index is 496. The molecule has 0 fully saturated rings. The fourth-order valence-corrected chi connectivity index (χ4v) is 2.11. The van der Waals surface area contributed by atoms with Gasteiger partial charge in [-0.3, -0.25) is 0 Å². The summed E-state index contributed by atoms with van der Waals surface area (Å²) in [6.45, 7) is 2.87. The van der Waals surface area contributed by atoms with Gasteiger partial charge in [0, 0.05) is 18.0 Å². The van der Waals surface area contributed by atoms with Crippen molar-refractivity contribution in [2.75, 3.05) is 0 Å². The van der Waals surface area contributed by atoms with E-state index < -0.39 is 0 Å². The van der Waals surface area contributed by atoms with Gasteiger partial charge in [-0.05, 0) is 24.6 Å². The Hall–Kier alpha value is -1.70. The molecule has 1 atom stereocenters. The number of hydrogen-bond acceptors (Lipinski definition) is 4. The number of thiazole rings is 1. The summed E-state index contributed by atoms with van der Waals surface area (Å²) in [5.41, 5.74) is 4.78. The van der Waals surface area contributed by atoms with Crippen molar-refractivity contribution in [3.63, 3.8) is 0 Å². The van der Waals surface area contributed by atoms with Crippen LogP contribution in [0.5, 0.6) is 0 Å². The van der Waals surface area contributed by atoms with E-state index >= 15 is 0 Å². The molecule has 0 saturated carbocycles. The van der Waals surface area contributed by atoms with Gasteiger partial charge in [0.1, 0.15) is 0 Å². The van der Waals surface area contributed by atoms with E-state index in [0.29, 0.717) is 5.56 Å². The highest BCUT2D eigenvalue weighted by atomic mass is 32.1. The second kappa shape index (κ2) is 5.58. The van der Waals surface area contributed by atoms with Crippen molar-refractivity contribution in [2.45, 2.75) is 19.5 Å². The smallest absolute Gasteiger partial charge is 0.0991 e. The zero-order valence-corrected chi connectivity index (χ0v) is 10.4. The summed E-state index contributed by atoms with van der Waals surface area (Å²) < 4.78 is 0. The molecule has 1 unspecified atom stereocenters. The van der Waals surface area contributed by atoms with Gasteiger partial charge in [0.25, 0.3) is 0 Å². The molecule has 17 heavy (non-hydrogen) atoms. The lowest BCUT2D eigenvalue weighted by Crippen LogP contribution is -2.18. The SMILES string of the molecule is CC(NCc1cscn1)c1ccc(C#N)cc1. The maximum absolute atomic E-state index is 8.72. The number of rotatable bonds is 4. The molecule has 0 amide bonds. The van der Waals surface area contributed by atoms with Gasteiger partial charge in [0.05, 0.1) is 22.8 Å². The Morgan fingerprint density at radius 1 is 1.41 bits per heavy atom. The lowest BCUT2D eigenvalue weighted by molar-refractivity contribution is 0.569. The Morgan fingerprint density at radius 2 is 2.18 bits per heavy atom. The number of aromatic nitrogens is 1. The normalized spacial score (nSPS) is 12.0. The molecule has 4 heteroatoms. The zero-order chi connectivity index (χ0) is 12.1. The van der Waals surface area contributed by atoms with E-state index in [-0.39, 0.29) is 6.04 Å². The first-order chi connectivity index (χ1) is 8.29. The van der Waals surface area contributed by atoms with E-state index in [4.69, 9.17) is 5.26 Å². The first-order valence-electron chi connectivity index (χ1n) is 5.40. The Labute approximate surface area is 105 Å². The predicted molar refractivity (Wildman–Crippen MR) is 68.5 cm³/mol. The fraction of sp³-hybridized carbons (Fsp3) is 0.231. The van der Waals surface area contributed by atoms with Gasteiger partial charge in [-0.15, -0.1) is 11.3 Å². The van der Waals surface area contributed by atoms with Crippen molar-refractivity contribution in [1.82, 2.24) is 10.3 Å². The van der Waals surface area contributed by atoms with Crippen molar-refractivity contribution >= 4 is 11.3 Å². The molecule has 1 N–H and O–H groups in total. The highest BCUT2D eigenvalue weighted by molar-refractivity contribution is 7.07. The maximum atomic E-state index is 8.72. The predicted octanol–water partition coefficient (Wildman–Crippen LogP) is 2.87. The maximum Gasteiger partial charge on any atom is 0.0991 e. The van der Waals surface area contributed by atoms with Gasteiger partial charge in [-0.2, -0.15) is 5.26 Å². The first kappa shape index (κ1) is 11.8. The van der Waals surface area contributed by atoms with Crippen LogP contribution in [0.25, 0.3) is 0 Å². The van der Waals surface area contributed by atoms with E-state index in [1.54, 1.807) is 11.3 Å². The van der Waals surface area contributed by atoms with Crippen LogP contribution in [0.1, 0.15) is 29.8 Å². The molecule has 1 aromatic heterocycles. The molecule has 0 aliphatic heterocycles. The Morgan fingerprint density at radius 3 is 2.76 bits per heavy atom. The van der Waals surface area contributed by atoms with Crippen LogP contribution in [-0.4, -0.2) is 4.98 Å². The van der Waals surface area contributed by atoms with Gasteiger partial charge in [-0.25, -0.2) is 4.98 Å². The highest BCUT2D eigenvalue weighted by Gasteiger charge is 2.05. The molecule has 86 valence electrons. The minimum atomic E-state index is 0.254. The van der Waals surface area contributed by atoms with Crippen molar-refractivity contribution in [3.05, 3.63) is 52.0 Å². The van der Waals surface area contributed by atoms with E-state index in [1.807, 2.05) is 35.2 Å². The number of hydrogen-bond donors (Lipinski definition) is 1. The van der Waals surface area contributed by atoms with E-state index in [1.165, 1.54) is 5.56 Å². The molecule has 0 bridgehead atoms. The quantitative estimate of drug-likeness (QED) is 0.898. The average molecular weight is 243 g/mol. The standard InChI is InChI=1S/C13H13N3S/c1-10(15-7-13-8-17-9-16-13)12-4-2-11(6-14)3-5-12/h2-5,8-10,15H,7H2,1H3. The van der Waals surface area contributed by atoms with E-state index in [9.17, 15) is 0 Å². The molecule has 0 spiro atoms. The lowest BCUT2D eigenvalue weighted by atomic mass is 10.1. The van der Waals surface area contributed by atoms with Crippen LogP contribution in [0.3, 0.4) is 0 Å². The number of nitriles is 1. The molecule has 2 rings (SSSR count). The summed E-state index contributed by atoms with van der Waals surface area (Å²) in [6.07, 6.45) is 0.